The van der Waals surface area contributed by atoms with Crippen molar-refractivity contribution in [3.63, 3.8) is 0 Å². The number of carbonyl (C=O) groups is 1. The Morgan fingerprint density at radius 3 is 2.65 bits per heavy atom. The summed E-state index contributed by atoms with van der Waals surface area (Å²) in [5, 5.41) is 7.16. The fraction of sp³-hybridized carbons (Fsp3) is 0.300. The van der Waals surface area contributed by atoms with Gasteiger partial charge in [-0.3, -0.25) is 9.20 Å². The van der Waals surface area contributed by atoms with E-state index in [-0.39, 0.29) is 11.9 Å². The van der Waals surface area contributed by atoms with E-state index in [0.717, 1.165) is 6.07 Å². The van der Waals surface area contributed by atoms with Gasteiger partial charge >= 0.3 is 6.18 Å². The van der Waals surface area contributed by atoms with E-state index in [2.05, 4.69) is 10.2 Å². The number of aromatic nitrogens is 3. The van der Waals surface area contributed by atoms with Gasteiger partial charge in [0, 0.05) is 18.2 Å². The number of alkyl halides is 3. The van der Waals surface area contributed by atoms with Crippen molar-refractivity contribution in [3.05, 3.63) is 29.2 Å². The Morgan fingerprint density at radius 1 is 1.41 bits per heavy atom. The van der Waals surface area contributed by atoms with Crippen LogP contribution in [0.2, 0.25) is 0 Å². The molecule has 0 bridgehead atoms. The number of carbonyl (C=O) groups excluding carboxylic acids is 1. The number of halogens is 3. The average Bonchev–Trinajstić information content (AvgIpc) is 2.68. The largest absolute Gasteiger partial charge is 0.420 e. The molecule has 90 valence electrons. The summed E-state index contributed by atoms with van der Waals surface area (Å²) in [5.74, 6) is 0.419. The highest BCUT2D eigenvalue weighted by Crippen LogP contribution is 2.34. The van der Waals surface area contributed by atoms with Crippen LogP contribution in [0.4, 0.5) is 13.2 Å². The molecule has 2 heterocycles. The van der Waals surface area contributed by atoms with Crippen LogP contribution in [0.1, 0.15) is 28.7 Å². The zero-order chi connectivity index (χ0) is 12.6. The van der Waals surface area contributed by atoms with Gasteiger partial charge in [-0.15, -0.1) is 10.2 Å². The van der Waals surface area contributed by atoms with Crippen LogP contribution >= 0.6 is 0 Å². The van der Waals surface area contributed by atoms with Crippen molar-refractivity contribution in [2.75, 3.05) is 0 Å². The van der Waals surface area contributed by atoms with Crippen molar-refractivity contribution in [2.24, 2.45) is 0 Å². The van der Waals surface area contributed by atoms with Crippen molar-refractivity contribution >= 4 is 11.9 Å². The van der Waals surface area contributed by atoms with Gasteiger partial charge in [0.25, 0.3) is 0 Å². The molecule has 0 aliphatic carbocycles. The van der Waals surface area contributed by atoms with E-state index >= 15 is 0 Å². The van der Waals surface area contributed by atoms with Crippen molar-refractivity contribution in [3.8, 4) is 0 Å². The SMILES string of the molecule is CCc1nnc2c(C(F)(F)F)c(C=O)ccn12. The third kappa shape index (κ3) is 1.77. The molecule has 4 nitrogen and oxygen atoms in total. The zero-order valence-corrected chi connectivity index (χ0v) is 8.82. The minimum atomic E-state index is -4.63. The summed E-state index contributed by atoms with van der Waals surface area (Å²) in [5.41, 5.74) is -1.80. The molecule has 17 heavy (non-hydrogen) atoms. The van der Waals surface area contributed by atoms with E-state index in [1.165, 1.54) is 10.6 Å². The normalized spacial score (nSPS) is 12.0. The number of rotatable bonds is 2. The summed E-state index contributed by atoms with van der Waals surface area (Å²) in [4.78, 5) is 10.6. The van der Waals surface area contributed by atoms with Crippen LogP contribution < -0.4 is 0 Å². The summed E-state index contributed by atoms with van der Waals surface area (Å²) in [6.07, 6.45) is -2.63. The smallest absolute Gasteiger partial charge is 0.298 e. The number of aldehydes is 1. The van der Waals surface area contributed by atoms with Gasteiger partial charge in [-0.2, -0.15) is 13.2 Å². The predicted octanol–water partition coefficient (Wildman–Crippen LogP) is 2.12. The number of hydrogen-bond acceptors (Lipinski definition) is 3. The molecule has 0 fully saturated rings. The Bertz CT molecular complexity index is 574. The summed E-state index contributed by atoms with van der Waals surface area (Å²) >= 11 is 0. The van der Waals surface area contributed by atoms with E-state index in [4.69, 9.17) is 0 Å². The molecule has 0 amide bonds. The molecule has 2 rings (SSSR count). The summed E-state index contributed by atoms with van der Waals surface area (Å²) in [6, 6.07) is 1.12. The Kier molecular flexibility index (Phi) is 2.60. The lowest BCUT2D eigenvalue weighted by molar-refractivity contribution is -0.136. The Balaban J connectivity index is 2.85. The second-order valence-corrected chi connectivity index (χ2v) is 3.43. The van der Waals surface area contributed by atoms with Gasteiger partial charge in [-0.1, -0.05) is 6.92 Å². The van der Waals surface area contributed by atoms with Crippen LogP contribution in [0.3, 0.4) is 0 Å². The Labute approximate surface area is 94.1 Å². The molecule has 2 aromatic rings. The minimum Gasteiger partial charge on any atom is -0.298 e. The van der Waals surface area contributed by atoms with E-state index in [9.17, 15) is 18.0 Å². The second kappa shape index (κ2) is 3.83. The van der Waals surface area contributed by atoms with Gasteiger partial charge in [0.15, 0.2) is 11.9 Å². The Morgan fingerprint density at radius 2 is 2.12 bits per heavy atom. The standard InChI is InChI=1S/C10H8F3N3O/c1-2-7-14-15-9-8(10(11,12)13)6(5-17)3-4-16(7)9/h3-5H,2H2,1H3. The third-order valence-corrected chi connectivity index (χ3v) is 2.41. The van der Waals surface area contributed by atoms with Crippen LogP contribution in [0, 0.1) is 0 Å². The first kappa shape index (κ1) is 11.6. The average molecular weight is 243 g/mol. The van der Waals surface area contributed by atoms with Gasteiger partial charge in [0.2, 0.25) is 0 Å². The highest BCUT2D eigenvalue weighted by molar-refractivity contribution is 5.81. The van der Waals surface area contributed by atoms with E-state index in [1.807, 2.05) is 0 Å². The van der Waals surface area contributed by atoms with Crippen molar-refractivity contribution in [2.45, 2.75) is 19.5 Å². The summed E-state index contributed by atoms with van der Waals surface area (Å²) < 4.78 is 39.8. The highest BCUT2D eigenvalue weighted by atomic mass is 19.4. The van der Waals surface area contributed by atoms with Crippen molar-refractivity contribution in [1.82, 2.24) is 14.6 Å². The van der Waals surface area contributed by atoms with Gasteiger partial charge in [0.05, 0.1) is 0 Å². The second-order valence-electron chi connectivity index (χ2n) is 3.43. The fourth-order valence-electron chi connectivity index (χ4n) is 1.65. The fourth-order valence-corrected chi connectivity index (χ4v) is 1.65. The molecule has 0 aromatic carbocycles. The highest BCUT2D eigenvalue weighted by Gasteiger charge is 2.37. The summed E-state index contributed by atoms with van der Waals surface area (Å²) in [6.45, 7) is 1.76. The lowest BCUT2D eigenvalue weighted by Gasteiger charge is -2.10. The van der Waals surface area contributed by atoms with Gasteiger partial charge in [-0.25, -0.2) is 0 Å². The predicted molar refractivity (Wildman–Crippen MR) is 52.8 cm³/mol. The first-order valence-electron chi connectivity index (χ1n) is 4.88. The quantitative estimate of drug-likeness (QED) is 0.759. The number of aryl methyl sites for hydroxylation is 1. The minimum absolute atomic E-state index is 0.170. The zero-order valence-electron chi connectivity index (χ0n) is 8.82. The number of pyridine rings is 1. The molecule has 0 spiro atoms. The van der Waals surface area contributed by atoms with Crippen molar-refractivity contribution < 1.29 is 18.0 Å². The maximum Gasteiger partial charge on any atom is 0.420 e. The first-order valence-corrected chi connectivity index (χ1v) is 4.88. The van der Waals surface area contributed by atoms with Crippen LogP contribution in [0.15, 0.2) is 12.3 Å². The number of nitrogens with zero attached hydrogens (tertiary/aromatic N) is 3. The van der Waals surface area contributed by atoms with Gasteiger partial charge in [-0.05, 0) is 6.07 Å². The summed E-state index contributed by atoms with van der Waals surface area (Å²) in [7, 11) is 0. The molecular weight excluding hydrogens is 235 g/mol. The molecule has 2 aromatic heterocycles. The lowest BCUT2D eigenvalue weighted by Crippen LogP contribution is -2.12. The molecular formula is C10H8F3N3O. The van der Waals surface area contributed by atoms with E-state index < -0.39 is 17.3 Å². The monoisotopic (exact) mass is 243 g/mol. The molecule has 0 aliphatic heterocycles. The van der Waals surface area contributed by atoms with E-state index in [0.29, 0.717) is 12.2 Å². The maximum atomic E-state index is 12.8. The number of fused-ring (bicyclic) bond motifs is 1. The third-order valence-electron chi connectivity index (χ3n) is 2.41. The van der Waals surface area contributed by atoms with Crippen LogP contribution in [-0.4, -0.2) is 20.9 Å². The molecule has 0 aliphatic rings. The topological polar surface area (TPSA) is 47.3 Å². The van der Waals surface area contributed by atoms with E-state index in [1.54, 1.807) is 6.92 Å². The van der Waals surface area contributed by atoms with Crippen LogP contribution in [-0.2, 0) is 12.6 Å². The van der Waals surface area contributed by atoms with Crippen LogP contribution in [0.5, 0.6) is 0 Å². The molecule has 0 unspecified atom stereocenters. The molecule has 0 N–H and O–H groups in total. The maximum absolute atomic E-state index is 12.8. The van der Waals surface area contributed by atoms with Gasteiger partial charge < -0.3 is 0 Å². The molecule has 0 saturated heterocycles. The lowest BCUT2D eigenvalue weighted by atomic mass is 10.1. The number of hydrogen-bond donors (Lipinski definition) is 0. The van der Waals surface area contributed by atoms with Crippen molar-refractivity contribution in [1.29, 1.82) is 0 Å². The molecule has 0 atom stereocenters. The molecule has 0 radical (unpaired) electrons. The van der Waals surface area contributed by atoms with Gasteiger partial charge in [0.1, 0.15) is 11.4 Å². The Hall–Kier alpha value is -1.92. The first-order chi connectivity index (χ1) is 7.99. The molecule has 0 saturated carbocycles. The van der Waals surface area contributed by atoms with Crippen LogP contribution in [0.25, 0.3) is 5.65 Å². The molecule has 7 heteroatoms.